The average molecular weight is 612 g/mol. The summed E-state index contributed by atoms with van der Waals surface area (Å²) in [6.07, 6.45) is -4.85. The third-order valence-electron chi connectivity index (χ3n) is 7.04. The summed E-state index contributed by atoms with van der Waals surface area (Å²) >= 11 is 9.56. The first-order valence-corrected chi connectivity index (χ1v) is 12.7. The van der Waals surface area contributed by atoms with Crippen molar-refractivity contribution in [2.45, 2.75) is 36.9 Å². The van der Waals surface area contributed by atoms with Crippen LogP contribution in [0.15, 0.2) is 59.1 Å². The van der Waals surface area contributed by atoms with Crippen LogP contribution in [0.1, 0.15) is 40.6 Å². The molecule has 2 aliphatic heterocycles. The van der Waals surface area contributed by atoms with Crippen molar-refractivity contribution < 1.29 is 31.9 Å². The van der Waals surface area contributed by atoms with Crippen LogP contribution in [0.4, 0.5) is 23.2 Å². The lowest BCUT2D eigenvalue weighted by Crippen LogP contribution is -2.57. The van der Waals surface area contributed by atoms with Crippen LogP contribution in [0.5, 0.6) is 5.75 Å². The number of fused-ring (bicyclic) bond motifs is 2. The predicted molar refractivity (Wildman–Crippen MR) is 137 cm³/mol. The third kappa shape index (κ3) is 4.53. The molecule has 5 rings (SSSR count). The minimum Gasteiger partial charge on any atom is -0.484 e. The van der Waals surface area contributed by atoms with E-state index in [-0.39, 0.29) is 17.7 Å². The maximum Gasteiger partial charge on any atom is 0.422 e. The first-order chi connectivity index (χ1) is 17.9. The Morgan fingerprint density at radius 2 is 1.84 bits per heavy atom. The summed E-state index contributed by atoms with van der Waals surface area (Å²) in [5.41, 5.74) is 0.533. The highest BCUT2D eigenvalue weighted by atomic mass is 79.9. The van der Waals surface area contributed by atoms with Gasteiger partial charge in [0.2, 0.25) is 11.8 Å². The highest BCUT2D eigenvalue weighted by molar-refractivity contribution is 9.10. The van der Waals surface area contributed by atoms with Crippen LogP contribution < -0.4 is 15.4 Å². The van der Waals surface area contributed by atoms with Crippen LogP contribution in [-0.2, 0) is 15.0 Å². The maximum atomic E-state index is 14.5. The van der Waals surface area contributed by atoms with Crippen LogP contribution in [-0.4, -0.2) is 24.6 Å². The molecule has 3 aromatic carbocycles. The molecule has 11 heteroatoms. The molecule has 1 fully saturated rings. The predicted octanol–water partition coefficient (Wildman–Crippen LogP) is 6.73. The van der Waals surface area contributed by atoms with Gasteiger partial charge in [-0.3, -0.25) is 9.59 Å². The largest absolute Gasteiger partial charge is 0.484 e. The number of ether oxygens (including phenoxy) is 1. The van der Waals surface area contributed by atoms with E-state index in [4.69, 9.17) is 16.3 Å². The molecule has 2 N–H and O–H groups in total. The topological polar surface area (TPSA) is 67.4 Å². The van der Waals surface area contributed by atoms with Gasteiger partial charge in [0.25, 0.3) is 0 Å². The molecule has 0 saturated carbocycles. The fraction of sp³-hybridized carbons (Fsp3) is 0.259. The van der Waals surface area contributed by atoms with Crippen molar-refractivity contribution >= 4 is 45.0 Å². The molecule has 3 aromatic rings. The van der Waals surface area contributed by atoms with Crippen LogP contribution in [0.2, 0.25) is 5.02 Å². The lowest BCUT2D eigenvalue weighted by Gasteiger charge is -2.47. The number of aryl methyl sites for hydroxylation is 1. The Kier molecular flexibility index (Phi) is 6.67. The van der Waals surface area contributed by atoms with E-state index in [0.29, 0.717) is 31.9 Å². The zero-order valence-electron chi connectivity index (χ0n) is 19.8. The average Bonchev–Trinajstić information content (AvgIpc) is 3.11. The van der Waals surface area contributed by atoms with E-state index < -0.39 is 47.8 Å². The quantitative estimate of drug-likeness (QED) is 0.322. The monoisotopic (exact) mass is 610 g/mol. The van der Waals surface area contributed by atoms with E-state index in [1.807, 2.05) is 0 Å². The van der Waals surface area contributed by atoms with E-state index in [1.54, 1.807) is 37.3 Å². The normalized spacial score (nSPS) is 22.7. The van der Waals surface area contributed by atoms with E-state index in [1.165, 1.54) is 24.3 Å². The molecule has 38 heavy (non-hydrogen) atoms. The first kappa shape index (κ1) is 26.5. The molecule has 0 radical (unpaired) electrons. The summed E-state index contributed by atoms with van der Waals surface area (Å²) in [4.78, 5) is 27.2. The molecule has 1 spiro atoms. The number of nitrogens with one attached hydrogen (secondary N) is 2. The van der Waals surface area contributed by atoms with Crippen LogP contribution in [0.25, 0.3) is 0 Å². The summed E-state index contributed by atoms with van der Waals surface area (Å²) in [5, 5.41) is 6.07. The Bertz CT molecular complexity index is 1460. The highest BCUT2D eigenvalue weighted by Gasteiger charge is 2.62. The van der Waals surface area contributed by atoms with Crippen molar-refractivity contribution in [1.29, 1.82) is 0 Å². The summed E-state index contributed by atoms with van der Waals surface area (Å²) < 4.78 is 59.5. The van der Waals surface area contributed by atoms with Crippen molar-refractivity contribution in [3.05, 3.63) is 92.2 Å². The van der Waals surface area contributed by atoms with Gasteiger partial charge in [-0.1, -0.05) is 39.7 Å². The van der Waals surface area contributed by atoms with E-state index in [0.717, 1.165) is 0 Å². The number of piperidine rings is 1. The summed E-state index contributed by atoms with van der Waals surface area (Å²) in [6, 6.07) is 12.2. The van der Waals surface area contributed by atoms with E-state index in [2.05, 4.69) is 26.6 Å². The number of halogens is 6. The minimum atomic E-state index is -4.61. The first-order valence-electron chi connectivity index (χ1n) is 11.6. The van der Waals surface area contributed by atoms with Crippen molar-refractivity contribution in [3.63, 3.8) is 0 Å². The van der Waals surface area contributed by atoms with Gasteiger partial charge in [0.15, 0.2) is 6.61 Å². The second-order valence-electron chi connectivity index (χ2n) is 9.36. The second-order valence-corrected chi connectivity index (χ2v) is 10.7. The smallest absolute Gasteiger partial charge is 0.422 e. The number of hydrogen-bond donors (Lipinski definition) is 2. The number of amides is 2. The Morgan fingerprint density at radius 1 is 1.08 bits per heavy atom. The lowest BCUT2D eigenvalue weighted by atomic mass is 9.59. The molecule has 3 unspecified atom stereocenters. The summed E-state index contributed by atoms with van der Waals surface area (Å²) in [7, 11) is 0. The molecule has 0 aliphatic carbocycles. The maximum absolute atomic E-state index is 14.5. The van der Waals surface area contributed by atoms with Crippen LogP contribution in [0.3, 0.4) is 0 Å². The number of rotatable bonds is 4. The molecule has 198 valence electrons. The zero-order chi connectivity index (χ0) is 27.4. The van der Waals surface area contributed by atoms with Gasteiger partial charge in [-0.2, -0.15) is 13.2 Å². The minimum absolute atomic E-state index is 0.116. The van der Waals surface area contributed by atoms with Crippen molar-refractivity contribution in [2.24, 2.45) is 0 Å². The zero-order valence-corrected chi connectivity index (χ0v) is 22.1. The fourth-order valence-corrected chi connectivity index (χ4v) is 6.08. The number of hydrogen-bond acceptors (Lipinski definition) is 3. The Balaban J connectivity index is 1.80. The van der Waals surface area contributed by atoms with Crippen molar-refractivity contribution in [1.82, 2.24) is 5.32 Å². The Labute approximate surface area is 228 Å². The number of carbonyl (C=O) groups is 2. The molecular weight excluding hydrogens is 592 g/mol. The van der Waals surface area contributed by atoms with E-state index >= 15 is 0 Å². The number of carbonyl (C=O) groups excluding carboxylic acids is 2. The molecule has 0 bridgehead atoms. The standard InChI is InChI=1S/C27H20BrClF4N2O3/c1-13-2-5-16(30)10-17(13)24-27(19-6-4-15(29)9-21(19)34-25(27)37)20(11-23(36)35-24)18-8-14(28)3-7-22(18)38-12-26(31,32)33/h2-10,20,24H,11-12H2,1H3,(H,34,37)(H,35,36). The number of benzene rings is 3. The molecule has 5 nitrogen and oxygen atoms in total. The molecule has 1 saturated heterocycles. The SMILES string of the molecule is Cc1ccc(F)cc1C1NC(=O)CC(c2cc(Br)ccc2OCC(F)(F)F)C12C(=O)Nc1cc(Cl)ccc12. The third-order valence-corrected chi connectivity index (χ3v) is 7.77. The molecule has 2 heterocycles. The van der Waals surface area contributed by atoms with Gasteiger partial charge in [-0.05, 0) is 66.1 Å². The second kappa shape index (κ2) is 9.57. The van der Waals surface area contributed by atoms with Gasteiger partial charge < -0.3 is 15.4 Å². The molecule has 2 amide bonds. The van der Waals surface area contributed by atoms with Gasteiger partial charge in [-0.25, -0.2) is 4.39 Å². The summed E-state index contributed by atoms with van der Waals surface area (Å²) in [5.74, 6) is -2.62. The number of anilines is 1. The fourth-order valence-electron chi connectivity index (χ4n) is 5.53. The van der Waals surface area contributed by atoms with Crippen LogP contribution >= 0.6 is 27.5 Å². The molecule has 2 aliphatic rings. The Morgan fingerprint density at radius 3 is 2.58 bits per heavy atom. The molecule has 3 atom stereocenters. The Hall–Kier alpha value is -3.11. The van der Waals surface area contributed by atoms with Crippen molar-refractivity contribution in [2.75, 3.05) is 11.9 Å². The van der Waals surface area contributed by atoms with E-state index in [9.17, 15) is 27.2 Å². The van der Waals surface area contributed by atoms with Crippen molar-refractivity contribution in [3.8, 4) is 5.75 Å². The van der Waals surface area contributed by atoms with Gasteiger partial charge in [0.05, 0.1) is 6.04 Å². The molecular formula is C27H20BrClF4N2O3. The summed E-state index contributed by atoms with van der Waals surface area (Å²) in [6.45, 7) is 0.170. The van der Waals surface area contributed by atoms with Gasteiger partial charge in [0, 0.05) is 33.1 Å². The lowest BCUT2D eigenvalue weighted by molar-refractivity contribution is -0.153. The molecule has 0 aromatic heterocycles. The van der Waals surface area contributed by atoms with Gasteiger partial charge in [0.1, 0.15) is 17.0 Å². The van der Waals surface area contributed by atoms with Gasteiger partial charge in [-0.15, -0.1) is 0 Å². The van der Waals surface area contributed by atoms with Crippen LogP contribution in [0, 0.1) is 12.7 Å². The van der Waals surface area contributed by atoms with Gasteiger partial charge >= 0.3 is 6.18 Å². The number of alkyl halides is 3. The highest BCUT2D eigenvalue weighted by Crippen LogP contribution is 2.59.